The highest BCUT2D eigenvalue weighted by Gasteiger charge is 2.46. The zero-order valence-electron chi connectivity index (χ0n) is 13.5. The van der Waals surface area contributed by atoms with Crippen molar-refractivity contribution in [1.82, 2.24) is 4.90 Å². The van der Waals surface area contributed by atoms with E-state index in [-0.39, 0.29) is 0 Å². The maximum atomic E-state index is 14.3. The van der Waals surface area contributed by atoms with Crippen LogP contribution in [0.1, 0.15) is 24.0 Å². The van der Waals surface area contributed by atoms with Gasteiger partial charge in [-0.05, 0) is 36.8 Å². The molecule has 0 N–H and O–H groups in total. The normalized spacial score (nSPS) is 18.8. The standard InChI is InChI=1S/C20H22F3N/c21-18(22)19(23)24-13-7-12-20(24,14-16-8-3-1-4-9-16)15-17-10-5-2-6-11-17/h1-6,8-11,18-19H,7,12-15H2. The third-order valence-electron chi connectivity index (χ3n) is 4.91. The van der Waals surface area contributed by atoms with Crippen molar-refractivity contribution in [3.8, 4) is 0 Å². The van der Waals surface area contributed by atoms with Crippen LogP contribution in [0.3, 0.4) is 0 Å². The van der Waals surface area contributed by atoms with Crippen LogP contribution in [0.2, 0.25) is 0 Å². The lowest BCUT2D eigenvalue weighted by Gasteiger charge is -2.40. The number of hydrogen-bond donors (Lipinski definition) is 0. The topological polar surface area (TPSA) is 3.24 Å². The van der Waals surface area contributed by atoms with Gasteiger partial charge in [0.25, 0.3) is 6.43 Å². The van der Waals surface area contributed by atoms with Crippen molar-refractivity contribution >= 4 is 0 Å². The first-order valence-corrected chi connectivity index (χ1v) is 8.38. The fourth-order valence-corrected chi connectivity index (χ4v) is 3.87. The molecule has 0 radical (unpaired) electrons. The number of halogens is 3. The molecule has 0 aromatic heterocycles. The van der Waals surface area contributed by atoms with E-state index in [0.717, 1.165) is 24.0 Å². The Kier molecular flexibility index (Phi) is 5.24. The predicted molar refractivity (Wildman–Crippen MR) is 89.9 cm³/mol. The van der Waals surface area contributed by atoms with Crippen LogP contribution in [-0.4, -0.2) is 29.7 Å². The molecular weight excluding hydrogens is 311 g/mol. The fraction of sp³-hybridized carbons (Fsp3) is 0.400. The van der Waals surface area contributed by atoms with Gasteiger partial charge in [-0.1, -0.05) is 60.7 Å². The van der Waals surface area contributed by atoms with Crippen LogP contribution in [0.15, 0.2) is 60.7 Å². The van der Waals surface area contributed by atoms with E-state index in [1.165, 1.54) is 4.90 Å². The van der Waals surface area contributed by atoms with E-state index in [4.69, 9.17) is 0 Å². The molecule has 1 fully saturated rings. The van der Waals surface area contributed by atoms with E-state index in [2.05, 4.69) is 0 Å². The first-order valence-electron chi connectivity index (χ1n) is 8.38. The molecule has 0 bridgehead atoms. The lowest BCUT2D eigenvalue weighted by atomic mass is 9.82. The molecule has 2 aromatic carbocycles. The first-order chi connectivity index (χ1) is 11.6. The molecule has 3 rings (SSSR count). The minimum absolute atomic E-state index is 0.380. The van der Waals surface area contributed by atoms with Crippen LogP contribution >= 0.6 is 0 Å². The second kappa shape index (κ2) is 7.39. The van der Waals surface area contributed by atoms with Gasteiger partial charge in [-0.3, -0.25) is 4.90 Å². The molecule has 0 spiro atoms. The Morgan fingerprint density at radius 1 is 0.833 bits per heavy atom. The van der Waals surface area contributed by atoms with Crippen LogP contribution in [0.25, 0.3) is 0 Å². The Morgan fingerprint density at radius 3 is 1.79 bits per heavy atom. The van der Waals surface area contributed by atoms with Gasteiger partial charge < -0.3 is 0 Å². The van der Waals surface area contributed by atoms with Crippen LogP contribution in [0, 0.1) is 0 Å². The van der Waals surface area contributed by atoms with Crippen molar-refractivity contribution in [2.75, 3.05) is 6.54 Å². The molecule has 24 heavy (non-hydrogen) atoms. The minimum atomic E-state index is -2.98. The van der Waals surface area contributed by atoms with Crippen molar-refractivity contribution in [2.45, 2.75) is 43.9 Å². The van der Waals surface area contributed by atoms with Gasteiger partial charge in [-0.15, -0.1) is 0 Å². The predicted octanol–water partition coefficient (Wildman–Crippen LogP) is 4.87. The highest BCUT2D eigenvalue weighted by Crippen LogP contribution is 2.39. The summed E-state index contributed by atoms with van der Waals surface area (Å²) in [5.74, 6) is 0. The van der Waals surface area contributed by atoms with E-state index in [1.54, 1.807) is 0 Å². The number of alkyl halides is 3. The molecule has 1 aliphatic rings. The summed E-state index contributed by atoms with van der Waals surface area (Å²) in [6, 6.07) is 19.5. The number of nitrogens with zero attached hydrogens (tertiary/aromatic N) is 1. The molecule has 0 amide bonds. The summed E-state index contributed by atoms with van der Waals surface area (Å²) < 4.78 is 40.5. The van der Waals surface area contributed by atoms with Crippen LogP contribution in [0.5, 0.6) is 0 Å². The summed E-state index contributed by atoms with van der Waals surface area (Å²) in [6.07, 6.45) is -2.56. The molecule has 1 heterocycles. The average Bonchev–Trinajstić information content (AvgIpc) is 2.98. The van der Waals surface area contributed by atoms with Gasteiger partial charge in [0.15, 0.2) is 0 Å². The third kappa shape index (κ3) is 3.64. The Morgan fingerprint density at radius 2 is 1.33 bits per heavy atom. The van der Waals surface area contributed by atoms with E-state index >= 15 is 0 Å². The van der Waals surface area contributed by atoms with Gasteiger partial charge in [-0.2, -0.15) is 0 Å². The zero-order chi connectivity index (χ0) is 17.0. The van der Waals surface area contributed by atoms with E-state index in [9.17, 15) is 13.2 Å². The molecule has 1 unspecified atom stereocenters. The molecule has 1 saturated heterocycles. The SMILES string of the molecule is FC(F)C(F)N1CCCC1(Cc1ccccc1)Cc1ccccc1. The Hall–Kier alpha value is -1.81. The molecule has 4 heteroatoms. The molecule has 0 saturated carbocycles. The highest BCUT2D eigenvalue weighted by molar-refractivity contribution is 5.24. The molecule has 0 aliphatic carbocycles. The summed E-state index contributed by atoms with van der Waals surface area (Å²) >= 11 is 0. The number of rotatable bonds is 6. The van der Waals surface area contributed by atoms with Gasteiger partial charge in [0.05, 0.1) is 0 Å². The van der Waals surface area contributed by atoms with Gasteiger partial charge in [0.2, 0.25) is 6.30 Å². The molecule has 1 nitrogen and oxygen atoms in total. The van der Waals surface area contributed by atoms with Gasteiger partial charge in [-0.25, -0.2) is 13.2 Å². The quantitative estimate of drug-likeness (QED) is 0.682. The molecule has 1 aliphatic heterocycles. The smallest absolute Gasteiger partial charge is 0.263 e. The summed E-state index contributed by atoms with van der Waals surface area (Å²) in [5.41, 5.74) is 1.52. The summed E-state index contributed by atoms with van der Waals surface area (Å²) in [4.78, 5) is 1.40. The Labute approximate surface area is 141 Å². The zero-order valence-corrected chi connectivity index (χ0v) is 13.5. The molecular formula is C20H22F3N. The first kappa shape index (κ1) is 17.0. The van der Waals surface area contributed by atoms with Crippen LogP contribution < -0.4 is 0 Å². The average molecular weight is 333 g/mol. The van der Waals surface area contributed by atoms with Crippen molar-refractivity contribution in [2.24, 2.45) is 0 Å². The van der Waals surface area contributed by atoms with Crippen LogP contribution in [0.4, 0.5) is 13.2 Å². The summed E-state index contributed by atoms with van der Waals surface area (Å²) in [5, 5.41) is 0. The monoisotopic (exact) mass is 333 g/mol. The second-order valence-corrected chi connectivity index (χ2v) is 6.55. The maximum absolute atomic E-state index is 14.3. The van der Waals surface area contributed by atoms with Crippen LogP contribution in [-0.2, 0) is 12.8 Å². The van der Waals surface area contributed by atoms with E-state index in [1.807, 2.05) is 60.7 Å². The van der Waals surface area contributed by atoms with Crippen molar-refractivity contribution in [3.63, 3.8) is 0 Å². The second-order valence-electron chi connectivity index (χ2n) is 6.55. The van der Waals surface area contributed by atoms with Gasteiger partial charge in [0.1, 0.15) is 0 Å². The minimum Gasteiger partial charge on any atom is -0.263 e. The van der Waals surface area contributed by atoms with Gasteiger partial charge >= 0.3 is 0 Å². The van der Waals surface area contributed by atoms with Crippen molar-refractivity contribution in [3.05, 3.63) is 71.8 Å². The van der Waals surface area contributed by atoms with Crippen molar-refractivity contribution < 1.29 is 13.2 Å². The number of hydrogen-bond acceptors (Lipinski definition) is 1. The number of likely N-dealkylation sites (tertiary alicyclic amines) is 1. The van der Waals surface area contributed by atoms with E-state index in [0.29, 0.717) is 19.4 Å². The molecule has 1 atom stereocenters. The van der Waals surface area contributed by atoms with E-state index < -0.39 is 18.3 Å². The lowest BCUT2D eigenvalue weighted by molar-refractivity contribution is -0.0820. The van der Waals surface area contributed by atoms with Crippen molar-refractivity contribution in [1.29, 1.82) is 0 Å². The number of benzene rings is 2. The van der Waals surface area contributed by atoms with Gasteiger partial charge in [0, 0.05) is 12.1 Å². The maximum Gasteiger partial charge on any atom is 0.282 e. The highest BCUT2D eigenvalue weighted by atomic mass is 19.3. The lowest BCUT2D eigenvalue weighted by Crippen LogP contribution is -2.53. The Balaban J connectivity index is 1.93. The molecule has 128 valence electrons. The molecule has 2 aromatic rings. The Bertz CT molecular complexity index is 588. The summed E-state index contributed by atoms with van der Waals surface area (Å²) in [7, 11) is 0. The third-order valence-corrected chi connectivity index (χ3v) is 4.91. The fourth-order valence-electron chi connectivity index (χ4n) is 3.87. The summed E-state index contributed by atoms with van der Waals surface area (Å²) in [6.45, 7) is 0.380. The largest absolute Gasteiger partial charge is 0.282 e.